The quantitative estimate of drug-likeness (QED) is 0.490. The highest BCUT2D eigenvalue weighted by molar-refractivity contribution is 7.13. The SMILES string of the molecule is O=C(Cl)CCCNC(=O)c1cc2nc(-c3cccs3)cc(C(F)(F)F)n2n1. The zero-order valence-electron chi connectivity index (χ0n) is 13.6. The minimum absolute atomic E-state index is 0.0803. The molecule has 1 amide bonds. The van der Waals surface area contributed by atoms with Crippen LogP contribution in [0.5, 0.6) is 0 Å². The van der Waals surface area contributed by atoms with Gasteiger partial charge < -0.3 is 5.32 Å². The predicted octanol–water partition coefficient (Wildman–Crippen LogP) is 3.75. The maximum atomic E-state index is 13.4. The summed E-state index contributed by atoms with van der Waals surface area (Å²) in [6, 6.07) is 5.46. The first-order chi connectivity index (χ1) is 12.8. The Labute approximate surface area is 160 Å². The van der Waals surface area contributed by atoms with E-state index in [4.69, 9.17) is 11.6 Å². The molecule has 0 unspecified atom stereocenters. The summed E-state index contributed by atoms with van der Waals surface area (Å²) in [6.07, 6.45) is -4.28. The first-order valence-corrected chi connectivity index (χ1v) is 9.00. The van der Waals surface area contributed by atoms with Gasteiger partial charge in [-0.25, -0.2) is 9.50 Å². The Morgan fingerprint density at radius 1 is 1.30 bits per heavy atom. The zero-order valence-corrected chi connectivity index (χ0v) is 15.2. The van der Waals surface area contributed by atoms with E-state index in [2.05, 4.69) is 15.4 Å². The molecule has 3 heterocycles. The summed E-state index contributed by atoms with van der Waals surface area (Å²) in [4.78, 5) is 27.5. The van der Waals surface area contributed by atoms with Gasteiger partial charge in [-0.1, -0.05) is 6.07 Å². The number of hydrogen-bond acceptors (Lipinski definition) is 5. The molecule has 0 aliphatic rings. The van der Waals surface area contributed by atoms with Gasteiger partial charge in [-0.05, 0) is 35.5 Å². The van der Waals surface area contributed by atoms with Gasteiger partial charge in [-0.3, -0.25) is 9.59 Å². The zero-order chi connectivity index (χ0) is 19.6. The van der Waals surface area contributed by atoms with Gasteiger partial charge in [0.05, 0.1) is 10.6 Å². The monoisotopic (exact) mass is 416 g/mol. The molecule has 0 radical (unpaired) electrons. The summed E-state index contributed by atoms with van der Waals surface area (Å²) in [7, 11) is 0. The normalized spacial score (nSPS) is 11.7. The van der Waals surface area contributed by atoms with Crippen molar-refractivity contribution < 1.29 is 22.8 Å². The number of hydrogen-bond donors (Lipinski definition) is 1. The number of carbonyl (C=O) groups excluding carboxylic acids is 2. The van der Waals surface area contributed by atoms with Gasteiger partial charge in [-0.15, -0.1) is 11.3 Å². The largest absolute Gasteiger partial charge is 0.433 e. The Kier molecular flexibility index (Phi) is 5.47. The lowest BCUT2D eigenvalue weighted by molar-refractivity contribution is -0.142. The number of aromatic nitrogens is 3. The van der Waals surface area contributed by atoms with Crippen molar-refractivity contribution in [2.45, 2.75) is 19.0 Å². The van der Waals surface area contributed by atoms with E-state index in [-0.39, 0.29) is 30.0 Å². The highest BCUT2D eigenvalue weighted by atomic mass is 35.5. The molecule has 0 aliphatic carbocycles. The van der Waals surface area contributed by atoms with Crippen LogP contribution in [0.25, 0.3) is 16.2 Å². The van der Waals surface area contributed by atoms with Crippen molar-refractivity contribution >= 4 is 39.7 Å². The predicted molar refractivity (Wildman–Crippen MR) is 93.7 cm³/mol. The van der Waals surface area contributed by atoms with Gasteiger partial charge in [0.2, 0.25) is 5.24 Å². The number of fused-ring (bicyclic) bond motifs is 1. The number of rotatable bonds is 6. The third-order valence-electron chi connectivity index (χ3n) is 3.56. The van der Waals surface area contributed by atoms with Crippen molar-refractivity contribution in [1.82, 2.24) is 19.9 Å². The Morgan fingerprint density at radius 3 is 2.70 bits per heavy atom. The highest BCUT2D eigenvalue weighted by Gasteiger charge is 2.35. The minimum atomic E-state index is -4.67. The van der Waals surface area contributed by atoms with E-state index < -0.39 is 23.0 Å². The maximum Gasteiger partial charge on any atom is 0.433 e. The fourth-order valence-corrected chi connectivity index (χ4v) is 3.18. The molecule has 3 aromatic heterocycles. The highest BCUT2D eigenvalue weighted by Crippen LogP contribution is 2.33. The third kappa shape index (κ3) is 4.45. The Balaban J connectivity index is 1.93. The first kappa shape index (κ1) is 19.3. The van der Waals surface area contributed by atoms with Gasteiger partial charge in [0, 0.05) is 19.0 Å². The molecular weight excluding hydrogens is 405 g/mol. The second kappa shape index (κ2) is 7.65. The molecule has 142 valence electrons. The molecule has 0 spiro atoms. The standard InChI is InChI=1S/C16H12ClF3N4O2S/c17-13(25)4-1-5-21-15(26)10-8-14-22-9(11-3-2-6-27-11)7-12(16(18,19)20)24(14)23-10/h2-3,6-8H,1,4-5H2,(H,21,26). The van der Waals surface area contributed by atoms with Gasteiger partial charge in [-0.2, -0.15) is 18.3 Å². The molecule has 0 bridgehead atoms. The van der Waals surface area contributed by atoms with Crippen molar-refractivity contribution in [3.05, 3.63) is 41.0 Å². The average Bonchev–Trinajstić information content (AvgIpc) is 3.25. The maximum absolute atomic E-state index is 13.4. The van der Waals surface area contributed by atoms with E-state index in [0.29, 0.717) is 15.8 Å². The van der Waals surface area contributed by atoms with Crippen LogP contribution in [0.3, 0.4) is 0 Å². The van der Waals surface area contributed by atoms with Crippen molar-refractivity contribution in [1.29, 1.82) is 0 Å². The van der Waals surface area contributed by atoms with E-state index in [1.54, 1.807) is 17.5 Å². The smallest absolute Gasteiger partial charge is 0.351 e. The fourth-order valence-electron chi connectivity index (χ4n) is 2.36. The van der Waals surface area contributed by atoms with Gasteiger partial charge in [0.25, 0.3) is 5.91 Å². The van der Waals surface area contributed by atoms with Crippen LogP contribution >= 0.6 is 22.9 Å². The number of carbonyl (C=O) groups is 2. The van der Waals surface area contributed by atoms with Crippen molar-refractivity contribution in [3.63, 3.8) is 0 Å². The number of thiophene rings is 1. The van der Waals surface area contributed by atoms with E-state index in [1.165, 1.54) is 17.4 Å². The first-order valence-electron chi connectivity index (χ1n) is 7.74. The van der Waals surface area contributed by atoms with Crippen LogP contribution in [0.1, 0.15) is 29.0 Å². The number of nitrogens with one attached hydrogen (secondary N) is 1. The van der Waals surface area contributed by atoms with Crippen LogP contribution in [0.4, 0.5) is 13.2 Å². The van der Waals surface area contributed by atoms with E-state index in [0.717, 1.165) is 6.07 Å². The molecule has 6 nitrogen and oxygen atoms in total. The number of halogens is 4. The van der Waals surface area contributed by atoms with Crippen molar-refractivity contribution in [3.8, 4) is 10.6 Å². The van der Waals surface area contributed by atoms with Gasteiger partial charge in [0.1, 0.15) is 0 Å². The molecule has 0 saturated heterocycles. The van der Waals surface area contributed by atoms with Crippen LogP contribution in [0.15, 0.2) is 29.6 Å². The number of alkyl halides is 3. The Morgan fingerprint density at radius 2 is 2.07 bits per heavy atom. The molecule has 0 atom stereocenters. The molecule has 3 rings (SSSR count). The Bertz CT molecular complexity index is 986. The lowest BCUT2D eigenvalue weighted by atomic mass is 10.2. The summed E-state index contributed by atoms with van der Waals surface area (Å²) >= 11 is 6.46. The van der Waals surface area contributed by atoms with E-state index in [9.17, 15) is 22.8 Å². The average molecular weight is 417 g/mol. The van der Waals surface area contributed by atoms with Crippen LogP contribution in [0, 0.1) is 0 Å². The van der Waals surface area contributed by atoms with Gasteiger partial charge in [0.15, 0.2) is 17.0 Å². The lowest BCUT2D eigenvalue weighted by Gasteiger charge is -2.10. The molecule has 0 fully saturated rings. The fraction of sp³-hybridized carbons (Fsp3) is 0.250. The van der Waals surface area contributed by atoms with Crippen LogP contribution in [0.2, 0.25) is 0 Å². The molecular formula is C16H12ClF3N4O2S. The van der Waals surface area contributed by atoms with E-state index >= 15 is 0 Å². The Hall–Kier alpha value is -2.46. The summed E-state index contributed by atoms with van der Waals surface area (Å²) in [6.45, 7) is 0.144. The summed E-state index contributed by atoms with van der Waals surface area (Å²) in [5.41, 5.74) is -1.16. The van der Waals surface area contributed by atoms with E-state index in [1.807, 2.05) is 0 Å². The van der Waals surface area contributed by atoms with Crippen molar-refractivity contribution in [2.24, 2.45) is 0 Å². The summed E-state index contributed by atoms with van der Waals surface area (Å²) in [5.74, 6) is -0.659. The van der Waals surface area contributed by atoms with Crippen LogP contribution in [-0.2, 0) is 11.0 Å². The number of amides is 1. The second-order valence-corrected chi connectivity index (χ2v) is 6.89. The molecule has 0 aromatic carbocycles. The molecule has 11 heteroatoms. The summed E-state index contributed by atoms with van der Waals surface area (Å²) < 4.78 is 40.9. The van der Waals surface area contributed by atoms with Crippen molar-refractivity contribution in [2.75, 3.05) is 6.54 Å². The van der Waals surface area contributed by atoms with Crippen LogP contribution in [-0.4, -0.2) is 32.3 Å². The van der Waals surface area contributed by atoms with Crippen LogP contribution < -0.4 is 5.32 Å². The molecule has 0 aliphatic heterocycles. The molecule has 27 heavy (non-hydrogen) atoms. The van der Waals surface area contributed by atoms with Gasteiger partial charge >= 0.3 is 6.18 Å². The minimum Gasteiger partial charge on any atom is -0.351 e. The molecule has 3 aromatic rings. The lowest BCUT2D eigenvalue weighted by Crippen LogP contribution is -2.25. The number of nitrogens with zero attached hydrogens (tertiary/aromatic N) is 3. The third-order valence-corrected chi connectivity index (χ3v) is 4.64. The topological polar surface area (TPSA) is 76.4 Å². The molecule has 0 saturated carbocycles. The molecule has 1 N–H and O–H groups in total. The summed E-state index contributed by atoms with van der Waals surface area (Å²) in [5, 5.41) is 7.43. The second-order valence-electron chi connectivity index (χ2n) is 5.52.